The second-order valence-electron chi connectivity index (χ2n) is 8.94. The van der Waals surface area contributed by atoms with Crippen LogP contribution in [0, 0.1) is 18.7 Å². The Bertz CT molecular complexity index is 1380. The number of halogens is 2. The van der Waals surface area contributed by atoms with Gasteiger partial charge in [-0.2, -0.15) is 20.1 Å². The first-order valence-corrected chi connectivity index (χ1v) is 12.2. The molecule has 1 aromatic carbocycles. The van der Waals surface area contributed by atoms with Crippen LogP contribution in [-0.4, -0.2) is 34.7 Å². The molecule has 5 rings (SSSR count). The monoisotopic (exact) mass is 540 g/mol. The summed E-state index contributed by atoms with van der Waals surface area (Å²) in [6, 6.07) is 4.56. The number of ether oxygens (including phenoxy) is 1. The van der Waals surface area contributed by atoms with E-state index in [1.54, 1.807) is 13.1 Å². The molecule has 1 aliphatic carbocycles. The third-order valence-corrected chi connectivity index (χ3v) is 6.45. The van der Waals surface area contributed by atoms with Crippen LogP contribution in [0.5, 0.6) is 5.88 Å². The van der Waals surface area contributed by atoms with Gasteiger partial charge in [0.15, 0.2) is 5.82 Å². The van der Waals surface area contributed by atoms with Gasteiger partial charge in [0.25, 0.3) is 5.88 Å². The van der Waals surface area contributed by atoms with Crippen molar-refractivity contribution in [3.05, 3.63) is 63.5 Å². The number of aryl methyl sites for hydroxylation is 2. The highest BCUT2D eigenvalue weighted by atomic mass is 79.9. The number of anilines is 1. The van der Waals surface area contributed by atoms with Crippen LogP contribution >= 0.6 is 15.9 Å². The maximum atomic E-state index is 14.4. The van der Waals surface area contributed by atoms with E-state index in [1.165, 1.54) is 36.0 Å². The topological polar surface area (TPSA) is 110 Å². The molecule has 4 aromatic rings. The smallest absolute Gasteiger partial charge is 0.258 e. The maximum absolute atomic E-state index is 14.4. The Morgan fingerprint density at radius 3 is 2.83 bits per heavy atom. The molecule has 1 atom stereocenters. The average molecular weight is 541 g/mol. The van der Waals surface area contributed by atoms with Crippen LogP contribution in [0.1, 0.15) is 48.4 Å². The Balaban J connectivity index is 1.48. The van der Waals surface area contributed by atoms with E-state index in [1.807, 2.05) is 18.5 Å². The molecule has 35 heavy (non-hydrogen) atoms. The highest BCUT2D eigenvalue weighted by molar-refractivity contribution is 9.10. The number of nitrogen functional groups attached to an aromatic ring is 1. The highest BCUT2D eigenvalue weighted by Gasteiger charge is 2.24. The Labute approximate surface area is 210 Å². The van der Waals surface area contributed by atoms with Gasteiger partial charge in [-0.3, -0.25) is 4.68 Å². The zero-order valence-corrected chi connectivity index (χ0v) is 21.3. The Hall–Kier alpha value is -3.34. The van der Waals surface area contributed by atoms with Crippen LogP contribution in [0.25, 0.3) is 11.3 Å². The van der Waals surface area contributed by atoms with E-state index in [0.717, 1.165) is 35.0 Å². The number of hydrogen-bond donors (Lipinski definition) is 1. The molecular formula is C24H26BrFN8O. The Kier molecular flexibility index (Phi) is 6.26. The highest BCUT2D eigenvalue weighted by Crippen LogP contribution is 2.34. The minimum Gasteiger partial charge on any atom is -0.467 e. The summed E-state index contributed by atoms with van der Waals surface area (Å²) in [5.41, 5.74) is 10.8. The van der Waals surface area contributed by atoms with Gasteiger partial charge in [-0.15, -0.1) is 0 Å². The predicted octanol–water partition coefficient (Wildman–Crippen LogP) is 4.40. The van der Waals surface area contributed by atoms with Crippen molar-refractivity contribution in [2.24, 2.45) is 13.0 Å². The summed E-state index contributed by atoms with van der Waals surface area (Å²) in [7, 11) is 1.78. The van der Waals surface area contributed by atoms with Gasteiger partial charge in [-0.1, -0.05) is 0 Å². The van der Waals surface area contributed by atoms with Gasteiger partial charge < -0.3 is 10.5 Å². The number of hydrogen-bond acceptors (Lipinski definition) is 7. The van der Waals surface area contributed by atoms with Gasteiger partial charge in [0, 0.05) is 37.3 Å². The summed E-state index contributed by atoms with van der Waals surface area (Å²) in [6.07, 6.45) is 6.11. The molecule has 2 N–H and O–H groups in total. The lowest BCUT2D eigenvalue weighted by Crippen LogP contribution is -2.09. The second-order valence-corrected chi connectivity index (χ2v) is 9.75. The largest absolute Gasteiger partial charge is 0.467 e. The van der Waals surface area contributed by atoms with E-state index in [0.29, 0.717) is 22.3 Å². The second kappa shape index (κ2) is 9.37. The number of nitrogens with zero attached hydrogens (tertiary/aromatic N) is 7. The molecule has 1 unspecified atom stereocenters. The first-order chi connectivity index (χ1) is 16.8. The van der Waals surface area contributed by atoms with Crippen molar-refractivity contribution in [3.8, 4) is 17.1 Å². The Morgan fingerprint density at radius 2 is 2.06 bits per heavy atom. The molecule has 1 aliphatic rings. The normalized spacial score (nSPS) is 14.3. The molecular weight excluding hydrogens is 515 g/mol. The summed E-state index contributed by atoms with van der Waals surface area (Å²) in [4.78, 5) is 9.84. The minimum absolute atomic E-state index is 0.150. The first kappa shape index (κ1) is 23.4. The van der Waals surface area contributed by atoms with E-state index in [4.69, 9.17) is 10.5 Å². The van der Waals surface area contributed by atoms with Crippen LogP contribution < -0.4 is 10.5 Å². The molecule has 11 heteroatoms. The van der Waals surface area contributed by atoms with Gasteiger partial charge in [-0.25, -0.2) is 14.4 Å². The number of nitrogens with two attached hydrogens (primary N) is 1. The zero-order chi connectivity index (χ0) is 24.7. The van der Waals surface area contributed by atoms with Crippen molar-refractivity contribution in [1.29, 1.82) is 0 Å². The van der Waals surface area contributed by atoms with Crippen molar-refractivity contribution in [2.75, 3.05) is 5.73 Å². The van der Waals surface area contributed by atoms with E-state index < -0.39 is 6.10 Å². The predicted molar refractivity (Wildman–Crippen MR) is 132 cm³/mol. The van der Waals surface area contributed by atoms with Gasteiger partial charge in [-0.05, 0) is 72.3 Å². The molecule has 182 valence electrons. The van der Waals surface area contributed by atoms with Crippen LogP contribution in [0.15, 0.2) is 35.2 Å². The molecule has 1 fully saturated rings. The summed E-state index contributed by atoms with van der Waals surface area (Å²) in [6.45, 7) is 4.77. The molecule has 0 amide bonds. The van der Waals surface area contributed by atoms with E-state index in [9.17, 15) is 4.39 Å². The van der Waals surface area contributed by atoms with E-state index in [-0.39, 0.29) is 17.5 Å². The van der Waals surface area contributed by atoms with Crippen LogP contribution in [0.4, 0.5) is 10.2 Å². The third kappa shape index (κ3) is 5.19. The lowest BCUT2D eigenvalue weighted by atomic mass is 9.97. The summed E-state index contributed by atoms with van der Waals surface area (Å²) >= 11 is 3.28. The molecule has 3 aromatic heterocycles. The molecule has 3 heterocycles. The molecule has 1 saturated carbocycles. The van der Waals surface area contributed by atoms with Crippen molar-refractivity contribution in [3.63, 3.8) is 0 Å². The Morgan fingerprint density at radius 1 is 1.26 bits per heavy atom. The van der Waals surface area contributed by atoms with Crippen LogP contribution in [-0.2, 0) is 20.0 Å². The quantitative estimate of drug-likeness (QED) is 0.352. The van der Waals surface area contributed by atoms with E-state index >= 15 is 0 Å². The van der Waals surface area contributed by atoms with Crippen molar-refractivity contribution in [2.45, 2.75) is 45.8 Å². The first-order valence-electron chi connectivity index (χ1n) is 11.4. The lowest BCUT2D eigenvalue weighted by Gasteiger charge is -2.18. The fourth-order valence-electron chi connectivity index (χ4n) is 4.11. The van der Waals surface area contributed by atoms with Gasteiger partial charge >= 0.3 is 0 Å². The van der Waals surface area contributed by atoms with Gasteiger partial charge in [0.2, 0.25) is 0 Å². The van der Waals surface area contributed by atoms with Crippen molar-refractivity contribution < 1.29 is 9.13 Å². The van der Waals surface area contributed by atoms with E-state index in [2.05, 4.69) is 47.4 Å². The lowest BCUT2D eigenvalue weighted by molar-refractivity contribution is 0.218. The fraction of sp³-hybridized carbons (Fsp3) is 0.375. The number of rotatable bonds is 8. The SMILES string of the molecule is Cc1nn(CC2CC2)cc1Cc1nn(C)nc1-c1ccc(F)cc1C(C)Oc1nc(Br)cnc1N. The summed E-state index contributed by atoms with van der Waals surface area (Å²) in [5, 5.41) is 13.9. The standard InChI is InChI=1S/C24H26BrFN8O/c1-13-16(12-34(30-13)11-15-4-5-15)8-20-22(32-33(3)31-20)18-7-6-17(26)9-19(18)14(2)35-24-23(27)28-10-21(25)29-24/h6-7,9-10,12,14-15H,4-5,8,11H2,1-3H3,(H2,27,28). The van der Waals surface area contributed by atoms with Gasteiger partial charge in [0.05, 0.1) is 17.6 Å². The average Bonchev–Trinajstić information content (AvgIpc) is 3.45. The molecule has 0 saturated heterocycles. The van der Waals surface area contributed by atoms with Crippen LogP contribution in [0.2, 0.25) is 0 Å². The van der Waals surface area contributed by atoms with Crippen molar-refractivity contribution in [1.82, 2.24) is 34.7 Å². The minimum atomic E-state index is -0.579. The summed E-state index contributed by atoms with van der Waals surface area (Å²) in [5.74, 6) is 0.675. The zero-order valence-electron chi connectivity index (χ0n) is 19.7. The number of aromatic nitrogens is 7. The molecule has 0 aliphatic heterocycles. The van der Waals surface area contributed by atoms with Crippen molar-refractivity contribution >= 4 is 21.7 Å². The number of benzene rings is 1. The molecule has 9 nitrogen and oxygen atoms in total. The fourth-order valence-corrected chi connectivity index (χ4v) is 4.37. The summed E-state index contributed by atoms with van der Waals surface area (Å²) < 4.78 is 22.9. The molecule has 0 bridgehead atoms. The third-order valence-electron chi connectivity index (χ3n) is 6.06. The molecule has 0 spiro atoms. The van der Waals surface area contributed by atoms with Gasteiger partial charge in [0.1, 0.15) is 22.2 Å². The van der Waals surface area contributed by atoms with Crippen LogP contribution in [0.3, 0.4) is 0 Å². The molecule has 0 radical (unpaired) electrons. The maximum Gasteiger partial charge on any atom is 0.258 e.